The van der Waals surface area contributed by atoms with Crippen LogP contribution < -0.4 is 15.8 Å². The van der Waals surface area contributed by atoms with Gasteiger partial charge in [-0.3, -0.25) is 0 Å². The van der Waals surface area contributed by atoms with Crippen LogP contribution in [-0.2, 0) is 10.0 Å². The third kappa shape index (κ3) is 2.99. The Morgan fingerprint density at radius 1 is 1.42 bits per heavy atom. The van der Waals surface area contributed by atoms with Crippen molar-refractivity contribution in [3.8, 4) is 0 Å². The Labute approximate surface area is 113 Å². The Bertz CT molecular complexity index is 574. The fraction of sp³-hybridized carbons (Fsp3) is 0.500. The minimum atomic E-state index is -3.78. The quantitative estimate of drug-likeness (QED) is 0.669. The first kappa shape index (κ1) is 14.1. The minimum Gasteiger partial charge on any atom is -0.398 e. The molecule has 0 aromatic heterocycles. The van der Waals surface area contributed by atoms with Crippen LogP contribution in [0.5, 0.6) is 0 Å². The summed E-state index contributed by atoms with van der Waals surface area (Å²) in [5.41, 5.74) is 6.74. The van der Waals surface area contributed by atoms with Crippen molar-refractivity contribution >= 4 is 21.4 Å². The lowest BCUT2D eigenvalue weighted by molar-refractivity contribution is 0.0971. The maximum Gasteiger partial charge on any atom is 0.240 e. The molecule has 0 bridgehead atoms. The Hall–Kier alpha value is -1.31. The number of hydrogen-bond acceptors (Lipinski definition) is 5. The second kappa shape index (κ2) is 4.99. The molecule has 2 atom stereocenters. The van der Waals surface area contributed by atoms with Gasteiger partial charge in [-0.15, -0.1) is 0 Å². The molecule has 7 heteroatoms. The molecular formula is C12H19N3O3S. The highest BCUT2D eigenvalue weighted by molar-refractivity contribution is 7.89. The molecule has 1 aromatic rings. The van der Waals surface area contributed by atoms with Gasteiger partial charge in [0.25, 0.3) is 0 Å². The van der Waals surface area contributed by atoms with Crippen molar-refractivity contribution in [3.05, 3.63) is 18.2 Å². The normalized spacial score (nSPS) is 24.5. The van der Waals surface area contributed by atoms with Gasteiger partial charge >= 0.3 is 0 Å². The number of rotatable bonds is 2. The monoisotopic (exact) mass is 285 g/mol. The van der Waals surface area contributed by atoms with Crippen molar-refractivity contribution in [1.82, 2.24) is 0 Å². The second-order valence-electron chi connectivity index (χ2n) is 5.05. The first-order chi connectivity index (χ1) is 8.79. The molecule has 2 rings (SSSR count). The molecule has 1 heterocycles. The molecule has 0 radical (unpaired) electrons. The van der Waals surface area contributed by atoms with Gasteiger partial charge in [-0.25, -0.2) is 13.6 Å². The Balaban J connectivity index is 2.26. The number of anilines is 2. The molecule has 0 spiro atoms. The van der Waals surface area contributed by atoms with E-state index in [0.717, 1.165) is 18.8 Å². The van der Waals surface area contributed by atoms with Crippen molar-refractivity contribution in [2.24, 2.45) is 11.1 Å². The van der Waals surface area contributed by atoms with Gasteiger partial charge in [0.15, 0.2) is 0 Å². The van der Waals surface area contributed by atoms with Crippen molar-refractivity contribution in [1.29, 1.82) is 0 Å². The van der Waals surface area contributed by atoms with Crippen LogP contribution in [0.2, 0.25) is 0 Å². The number of sulfonamides is 1. The van der Waals surface area contributed by atoms with Crippen molar-refractivity contribution in [2.75, 3.05) is 23.7 Å². The number of nitrogens with two attached hydrogens (primary N) is 2. The van der Waals surface area contributed by atoms with Crippen LogP contribution in [0.15, 0.2) is 23.1 Å². The van der Waals surface area contributed by atoms with Gasteiger partial charge < -0.3 is 15.7 Å². The third-order valence-corrected chi connectivity index (χ3v) is 4.51. The van der Waals surface area contributed by atoms with Gasteiger partial charge in [-0.05, 0) is 30.5 Å². The van der Waals surface area contributed by atoms with E-state index in [0.29, 0.717) is 6.42 Å². The highest BCUT2D eigenvalue weighted by Crippen LogP contribution is 2.27. The maximum absolute atomic E-state index is 11.3. The Kier molecular flexibility index (Phi) is 3.71. The average Bonchev–Trinajstić information content (AvgIpc) is 2.31. The number of aliphatic hydroxyl groups excluding tert-OH is 1. The van der Waals surface area contributed by atoms with E-state index in [9.17, 15) is 13.5 Å². The highest BCUT2D eigenvalue weighted by Gasteiger charge is 2.25. The van der Waals surface area contributed by atoms with Gasteiger partial charge in [-0.1, -0.05) is 6.92 Å². The Morgan fingerprint density at radius 2 is 2.11 bits per heavy atom. The van der Waals surface area contributed by atoms with E-state index in [1.807, 2.05) is 6.92 Å². The second-order valence-corrected chi connectivity index (χ2v) is 6.58. The van der Waals surface area contributed by atoms with Gasteiger partial charge in [0, 0.05) is 18.8 Å². The van der Waals surface area contributed by atoms with Crippen LogP contribution in [0.4, 0.5) is 11.4 Å². The summed E-state index contributed by atoms with van der Waals surface area (Å²) in [5.74, 6) is 0.174. The maximum atomic E-state index is 11.3. The van der Waals surface area contributed by atoms with E-state index in [-0.39, 0.29) is 22.6 Å². The van der Waals surface area contributed by atoms with Crippen LogP contribution in [0, 0.1) is 5.92 Å². The summed E-state index contributed by atoms with van der Waals surface area (Å²) >= 11 is 0. The van der Waals surface area contributed by atoms with Crippen LogP contribution in [-0.4, -0.2) is 32.7 Å². The summed E-state index contributed by atoms with van der Waals surface area (Å²) in [4.78, 5) is 2.03. The zero-order chi connectivity index (χ0) is 14.2. The molecule has 19 heavy (non-hydrogen) atoms. The summed E-state index contributed by atoms with van der Waals surface area (Å²) in [5, 5.41) is 14.8. The summed E-state index contributed by atoms with van der Waals surface area (Å²) < 4.78 is 22.6. The van der Waals surface area contributed by atoms with E-state index >= 15 is 0 Å². The zero-order valence-corrected chi connectivity index (χ0v) is 11.6. The number of hydrogen-bond donors (Lipinski definition) is 3. The van der Waals surface area contributed by atoms with Gasteiger partial charge in [-0.2, -0.15) is 0 Å². The summed E-state index contributed by atoms with van der Waals surface area (Å²) in [6, 6.07) is 4.74. The molecule has 6 nitrogen and oxygen atoms in total. The minimum absolute atomic E-state index is 0.0543. The van der Waals surface area contributed by atoms with Gasteiger partial charge in [0.2, 0.25) is 10.0 Å². The van der Waals surface area contributed by atoms with Crippen molar-refractivity contribution in [3.63, 3.8) is 0 Å². The third-order valence-electron chi connectivity index (χ3n) is 3.53. The molecule has 1 fully saturated rings. The molecule has 0 amide bonds. The van der Waals surface area contributed by atoms with Gasteiger partial charge in [0.1, 0.15) is 4.90 Å². The average molecular weight is 285 g/mol. The first-order valence-corrected chi connectivity index (χ1v) is 7.69. The molecule has 5 N–H and O–H groups in total. The lowest BCUT2D eigenvalue weighted by atomic mass is 9.96. The number of primary sulfonamides is 1. The summed E-state index contributed by atoms with van der Waals surface area (Å²) in [6.45, 7) is 3.42. The summed E-state index contributed by atoms with van der Waals surface area (Å²) in [6.07, 6.45) is 0.412. The van der Waals surface area contributed by atoms with Crippen LogP contribution in [0.3, 0.4) is 0 Å². The molecule has 1 aromatic carbocycles. The lowest BCUT2D eigenvalue weighted by Crippen LogP contribution is -2.42. The van der Waals surface area contributed by atoms with E-state index in [1.54, 1.807) is 12.1 Å². The number of nitrogens with zero attached hydrogens (tertiary/aromatic N) is 1. The fourth-order valence-corrected chi connectivity index (χ4v) is 3.00. The van der Waals surface area contributed by atoms with Crippen molar-refractivity contribution in [2.45, 2.75) is 24.3 Å². The smallest absolute Gasteiger partial charge is 0.240 e. The molecule has 2 unspecified atom stereocenters. The fourth-order valence-electron chi connectivity index (χ4n) is 2.36. The lowest BCUT2D eigenvalue weighted by Gasteiger charge is -2.36. The van der Waals surface area contributed by atoms with Crippen molar-refractivity contribution < 1.29 is 13.5 Å². The number of benzene rings is 1. The molecular weight excluding hydrogens is 266 g/mol. The van der Waals surface area contributed by atoms with E-state index in [4.69, 9.17) is 10.9 Å². The van der Waals surface area contributed by atoms with Gasteiger partial charge in [0.05, 0.1) is 11.8 Å². The van der Waals surface area contributed by atoms with E-state index in [1.165, 1.54) is 6.07 Å². The summed E-state index contributed by atoms with van der Waals surface area (Å²) in [7, 11) is -3.78. The zero-order valence-electron chi connectivity index (χ0n) is 10.8. The Morgan fingerprint density at radius 3 is 2.63 bits per heavy atom. The SMILES string of the molecule is CC1CN(c2ccc(S(N)(=O)=O)c(N)c2)CCC1O. The first-order valence-electron chi connectivity index (χ1n) is 6.14. The predicted molar refractivity (Wildman–Crippen MR) is 74.2 cm³/mol. The standard InChI is InChI=1S/C12H19N3O3S/c1-8-7-15(5-4-11(8)16)9-2-3-12(10(13)6-9)19(14,17)18/h2-3,6,8,11,16H,4-5,7,13H2,1H3,(H2,14,17,18). The molecule has 1 aliphatic rings. The predicted octanol–water partition coefficient (Wildman–Crippen LogP) is 0.123. The number of piperidine rings is 1. The topological polar surface area (TPSA) is 110 Å². The number of aliphatic hydroxyl groups is 1. The molecule has 0 aliphatic carbocycles. The largest absolute Gasteiger partial charge is 0.398 e. The van der Waals surface area contributed by atoms with E-state index in [2.05, 4.69) is 4.90 Å². The van der Waals surface area contributed by atoms with Crippen LogP contribution in [0.1, 0.15) is 13.3 Å². The molecule has 1 aliphatic heterocycles. The number of nitrogen functional groups attached to an aromatic ring is 1. The molecule has 0 saturated carbocycles. The van der Waals surface area contributed by atoms with Crippen LogP contribution in [0.25, 0.3) is 0 Å². The van der Waals surface area contributed by atoms with E-state index < -0.39 is 10.0 Å². The van der Waals surface area contributed by atoms with Crippen LogP contribution >= 0.6 is 0 Å². The highest BCUT2D eigenvalue weighted by atomic mass is 32.2. The molecule has 1 saturated heterocycles. The molecule has 106 valence electrons.